The Morgan fingerprint density at radius 3 is 2.78 bits per heavy atom. The molecule has 5 heteroatoms. The van der Waals surface area contributed by atoms with Crippen LogP contribution in [0, 0.1) is 11.6 Å². The number of benzene rings is 1. The maximum Gasteiger partial charge on any atom is 0.222 e. The molecule has 0 bridgehead atoms. The van der Waals surface area contributed by atoms with Crippen molar-refractivity contribution in [1.29, 1.82) is 0 Å². The Kier molecular flexibility index (Phi) is 5.71. The second-order valence-corrected chi connectivity index (χ2v) is 4.19. The fourth-order valence-corrected chi connectivity index (χ4v) is 1.59. The zero-order valence-electron chi connectivity index (χ0n) is 10.5. The highest BCUT2D eigenvalue weighted by Gasteiger charge is 2.10. The number of carbonyl (C=O) groups excluding carboxylic acids is 1. The molecule has 0 spiro atoms. The van der Waals surface area contributed by atoms with E-state index < -0.39 is 11.6 Å². The van der Waals surface area contributed by atoms with Crippen molar-refractivity contribution in [2.75, 3.05) is 20.1 Å². The summed E-state index contributed by atoms with van der Waals surface area (Å²) >= 11 is 0. The van der Waals surface area contributed by atoms with Crippen LogP contribution in [-0.2, 0) is 11.2 Å². The molecule has 1 aromatic rings. The monoisotopic (exact) mass is 256 g/mol. The van der Waals surface area contributed by atoms with Gasteiger partial charge in [0.25, 0.3) is 0 Å². The van der Waals surface area contributed by atoms with Gasteiger partial charge in [0.1, 0.15) is 11.6 Å². The van der Waals surface area contributed by atoms with Gasteiger partial charge in [-0.25, -0.2) is 8.78 Å². The zero-order valence-corrected chi connectivity index (χ0v) is 10.5. The number of rotatable bonds is 6. The third kappa shape index (κ3) is 4.41. The normalized spacial score (nSPS) is 10.4. The largest absolute Gasteiger partial charge is 0.345 e. The zero-order chi connectivity index (χ0) is 13.5. The molecule has 0 aliphatic carbocycles. The molecule has 1 rings (SSSR count). The minimum Gasteiger partial charge on any atom is -0.345 e. The van der Waals surface area contributed by atoms with Crippen LogP contribution in [0.5, 0.6) is 0 Å². The lowest BCUT2D eigenvalue weighted by molar-refractivity contribution is -0.129. The summed E-state index contributed by atoms with van der Waals surface area (Å²) < 4.78 is 26.3. The maximum absolute atomic E-state index is 13.3. The molecule has 0 fully saturated rings. The average molecular weight is 256 g/mol. The van der Waals surface area contributed by atoms with Crippen LogP contribution in [-0.4, -0.2) is 30.9 Å². The summed E-state index contributed by atoms with van der Waals surface area (Å²) in [7, 11) is 1.65. The second kappa shape index (κ2) is 7.06. The van der Waals surface area contributed by atoms with Gasteiger partial charge >= 0.3 is 0 Å². The average Bonchev–Trinajstić information content (AvgIpc) is 2.36. The van der Waals surface area contributed by atoms with Crippen molar-refractivity contribution >= 4 is 5.91 Å². The minimum atomic E-state index is -0.469. The molecule has 100 valence electrons. The Bertz CT molecular complexity index is 410. The Balaban J connectivity index is 2.49. The molecule has 18 heavy (non-hydrogen) atoms. The van der Waals surface area contributed by atoms with Crippen LogP contribution < -0.4 is 5.73 Å². The van der Waals surface area contributed by atoms with Gasteiger partial charge in [0, 0.05) is 20.0 Å². The summed E-state index contributed by atoms with van der Waals surface area (Å²) in [5.41, 5.74) is 5.60. The first-order valence-electron chi connectivity index (χ1n) is 5.92. The van der Waals surface area contributed by atoms with Crippen molar-refractivity contribution in [3.8, 4) is 0 Å². The second-order valence-electron chi connectivity index (χ2n) is 4.19. The first kappa shape index (κ1) is 14.6. The van der Waals surface area contributed by atoms with Crippen molar-refractivity contribution in [1.82, 2.24) is 4.90 Å². The summed E-state index contributed by atoms with van der Waals surface area (Å²) in [5, 5.41) is 0. The van der Waals surface area contributed by atoms with E-state index in [0.717, 1.165) is 18.2 Å². The number of hydrogen-bond acceptors (Lipinski definition) is 2. The lowest BCUT2D eigenvalue weighted by Gasteiger charge is -2.17. The molecule has 0 radical (unpaired) electrons. The number of amides is 1. The Morgan fingerprint density at radius 2 is 2.11 bits per heavy atom. The molecular formula is C13H18F2N2O. The first-order valence-corrected chi connectivity index (χ1v) is 5.92. The lowest BCUT2D eigenvalue weighted by atomic mass is 10.1. The molecule has 0 aliphatic rings. The van der Waals surface area contributed by atoms with Crippen LogP contribution in [0.2, 0.25) is 0 Å². The van der Waals surface area contributed by atoms with Crippen LogP contribution in [0.15, 0.2) is 18.2 Å². The highest BCUT2D eigenvalue weighted by molar-refractivity contribution is 5.75. The van der Waals surface area contributed by atoms with Gasteiger partial charge < -0.3 is 10.6 Å². The van der Waals surface area contributed by atoms with E-state index >= 15 is 0 Å². The van der Waals surface area contributed by atoms with Gasteiger partial charge in [0.2, 0.25) is 5.91 Å². The fraction of sp³-hybridized carbons (Fsp3) is 0.462. The minimum absolute atomic E-state index is 0.0303. The Labute approximate surface area is 106 Å². The van der Waals surface area contributed by atoms with E-state index in [0.29, 0.717) is 32.4 Å². The molecule has 0 saturated carbocycles. The van der Waals surface area contributed by atoms with E-state index in [1.807, 2.05) is 0 Å². The molecule has 0 aromatic heterocycles. The molecule has 0 unspecified atom stereocenters. The molecule has 2 N–H and O–H groups in total. The van der Waals surface area contributed by atoms with Gasteiger partial charge in [-0.05, 0) is 43.1 Å². The van der Waals surface area contributed by atoms with Gasteiger partial charge in [-0.15, -0.1) is 0 Å². The maximum atomic E-state index is 13.3. The molecule has 0 atom stereocenters. The summed E-state index contributed by atoms with van der Waals surface area (Å²) in [4.78, 5) is 13.1. The van der Waals surface area contributed by atoms with Gasteiger partial charge in [-0.3, -0.25) is 4.79 Å². The number of hydrogen-bond donors (Lipinski definition) is 1. The summed E-state index contributed by atoms with van der Waals surface area (Å²) in [6.45, 7) is 0.835. The highest BCUT2D eigenvalue weighted by Crippen LogP contribution is 2.11. The van der Waals surface area contributed by atoms with Crippen LogP contribution in [0.1, 0.15) is 18.4 Å². The predicted molar refractivity (Wildman–Crippen MR) is 66.0 cm³/mol. The number of nitrogens with zero attached hydrogens (tertiary/aromatic N) is 1. The van der Waals surface area contributed by atoms with Crippen molar-refractivity contribution in [2.24, 2.45) is 5.73 Å². The third-order valence-electron chi connectivity index (χ3n) is 2.74. The summed E-state index contributed by atoms with van der Waals surface area (Å²) in [6.07, 6.45) is 1.32. The SMILES string of the molecule is CN(CCc1cc(F)ccc1F)C(=O)CCCN. The van der Waals surface area contributed by atoms with Gasteiger partial charge in [0.15, 0.2) is 0 Å². The molecule has 0 saturated heterocycles. The fourth-order valence-electron chi connectivity index (χ4n) is 1.59. The number of likely N-dealkylation sites (N-methyl/N-ethyl adjacent to an activating group) is 1. The van der Waals surface area contributed by atoms with E-state index in [4.69, 9.17) is 5.73 Å². The van der Waals surface area contributed by atoms with Gasteiger partial charge in [-0.1, -0.05) is 0 Å². The van der Waals surface area contributed by atoms with Crippen LogP contribution >= 0.6 is 0 Å². The Hall–Kier alpha value is -1.49. The quantitative estimate of drug-likeness (QED) is 0.842. The topological polar surface area (TPSA) is 46.3 Å². The summed E-state index contributed by atoms with van der Waals surface area (Å²) in [6, 6.07) is 3.34. The van der Waals surface area contributed by atoms with E-state index in [-0.39, 0.29) is 11.5 Å². The van der Waals surface area contributed by atoms with E-state index in [1.165, 1.54) is 4.90 Å². The van der Waals surface area contributed by atoms with E-state index in [1.54, 1.807) is 7.05 Å². The van der Waals surface area contributed by atoms with Gasteiger partial charge in [0.05, 0.1) is 0 Å². The molecular weight excluding hydrogens is 238 g/mol. The van der Waals surface area contributed by atoms with Crippen LogP contribution in [0.3, 0.4) is 0 Å². The highest BCUT2D eigenvalue weighted by atomic mass is 19.1. The molecule has 0 heterocycles. The smallest absolute Gasteiger partial charge is 0.222 e. The van der Waals surface area contributed by atoms with Gasteiger partial charge in [-0.2, -0.15) is 0 Å². The van der Waals surface area contributed by atoms with Crippen molar-refractivity contribution in [2.45, 2.75) is 19.3 Å². The van der Waals surface area contributed by atoms with Crippen LogP contribution in [0.4, 0.5) is 8.78 Å². The van der Waals surface area contributed by atoms with Crippen molar-refractivity contribution in [3.05, 3.63) is 35.4 Å². The number of halogens is 2. The van der Waals surface area contributed by atoms with E-state index in [9.17, 15) is 13.6 Å². The molecule has 1 amide bonds. The lowest BCUT2D eigenvalue weighted by Crippen LogP contribution is -2.29. The van der Waals surface area contributed by atoms with Crippen LogP contribution in [0.25, 0.3) is 0 Å². The molecule has 3 nitrogen and oxygen atoms in total. The summed E-state index contributed by atoms with van der Waals surface area (Å²) in [5.74, 6) is -0.944. The molecule has 1 aromatic carbocycles. The van der Waals surface area contributed by atoms with E-state index in [2.05, 4.69) is 0 Å². The first-order chi connectivity index (χ1) is 8.54. The predicted octanol–water partition coefficient (Wildman–Crippen LogP) is 1.70. The van der Waals surface area contributed by atoms with Crippen molar-refractivity contribution in [3.63, 3.8) is 0 Å². The third-order valence-corrected chi connectivity index (χ3v) is 2.74. The number of carbonyl (C=O) groups is 1. The number of nitrogens with two attached hydrogens (primary N) is 1. The Morgan fingerprint density at radius 1 is 1.39 bits per heavy atom. The molecule has 0 aliphatic heterocycles. The standard InChI is InChI=1S/C13H18F2N2O/c1-17(13(18)3-2-7-16)8-6-10-9-11(14)4-5-12(10)15/h4-5,9H,2-3,6-8,16H2,1H3. The van der Waals surface area contributed by atoms with Crippen molar-refractivity contribution < 1.29 is 13.6 Å².